The zero-order valence-electron chi connectivity index (χ0n) is 11.7. The van der Waals surface area contributed by atoms with E-state index in [-0.39, 0.29) is 41.9 Å². The van der Waals surface area contributed by atoms with Gasteiger partial charge in [-0.15, -0.1) is 0 Å². The Bertz CT molecular complexity index is 597. The van der Waals surface area contributed by atoms with Crippen molar-refractivity contribution in [3.8, 4) is 5.75 Å². The first kappa shape index (κ1) is 24.9. The first-order valence-electron chi connectivity index (χ1n) is 6.35. The first-order chi connectivity index (χ1) is 10.6. The van der Waals surface area contributed by atoms with Crippen LogP contribution in [0, 0.1) is 0 Å². The Morgan fingerprint density at radius 1 is 1.42 bits per heavy atom. The molecule has 0 saturated carbocycles. The molecule has 2 unspecified atom stereocenters. The molecule has 2 rings (SSSR count). The maximum atomic E-state index is 11.0. The van der Waals surface area contributed by atoms with Crippen LogP contribution in [0.1, 0.15) is 24.3 Å². The summed E-state index contributed by atoms with van der Waals surface area (Å²) in [4.78, 5) is 33.1. The molecular formula is C11H18ClNaO8P2S. The van der Waals surface area contributed by atoms with E-state index < -0.39 is 21.7 Å². The fraction of sp³-hybridized carbons (Fsp3) is 0.455. The molecule has 0 bridgehead atoms. The van der Waals surface area contributed by atoms with E-state index in [9.17, 15) is 9.67 Å². The third kappa shape index (κ3) is 8.54. The molecule has 0 amide bonds. The minimum atomic E-state index is -4.46. The SMILES string of the molecule is O=P(O)(O)C(O)CC1CCOc2cc(SCl)ccc21.O=[PH](O)O.[NaH]. The molecule has 0 spiro atoms. The molecule has 0 aliphatic carbocycles. The summed E-state index contributed by atoms with van der Waals surface area (Å²) >= 11 is 0. The summed E-state index contributed by atoms with van der Waals surface area (Å²) < 4.78 is 25.3. The molecule has 2 atom stereocenters. The van der Waals surface area contributed by atoms with Gasteiger partial charge < -0.3 is 29.4 Å². The van der Waals surface area contributed by atoms with E-state index in [0.29, 0.717) is 18.8 Å². The van der Waals surface area contributed by atoms with Gasteiger partial charge in [-0.1, -0.05) is 6.07 Å². The summed E-state index contributed by atoms with van der Waals surface area (Å²) in [6.45, 7) is 0.460. The Kier molecular flexibility index (Phi) is 12.0. The summed E-state index contributed by atoms with van der Waals surface area (Å²) in [6.07, 6.45) is 0.644. The van der Waals surface area contributed by atoms with Crippen molar-refractivity contribution in [2.75, 3.05) is 6.61 Å². The second kappa shape index (κ2) is 11.6. The van der Waals surface area contributed by atoms with Crippen LogP contribution in [-0.2, 0) is 9.13 Å². The molecule has 0 saturated heterocycles. The van der Waals surface area contributed by atoms with Gasteiger partial charge >= 0.3 is 45.4 Å². The molecule has 0 aromatic heterocycles. The molecule has 134 valence electrons. The quantitative estimate of drug-likeness (QED) is 0.353. The van der Waals surface area contributed by atoms with Crippen molar-refractivity contribution in [1.82, 2.24) is 0 Å². The maximum absolute atomic E-state index is 11.0. The van der Waals surface area contributed by atoms with E-state index in [1.807, 2.05) is 12.1 Å². The monoisotopic (exact) mass is 430 g/mol. The molecule has 1 heterocycles. The van der Waals surface area contributed by atoms with Crippen LogP contribution >= 0.6 is 37.5 Å². The fourth-order valence-corrected chi connectivity index (χ4v) is 3.22. The number of hydrogen-bond donors (Lipinski definition) is 5. The summed E-state index contributed by atoms with van der Waals surface area (Å²) in [6, 6.07) is 5.45. The molecule has 1 aliphatic rings. The molecule has 1 aromatic carbocycles. The van der Waals surface area contributed by atoms with Gasteiger partial charge in [0.05, 0.1) is 6.61 Å². The predicted octanol–water partition coefficient (Wildman–Crippen LogP) is 1.40. The Balaban J connectivity index is 0.000000954. The summed E-state index contributed by atoms with van der Waals surface area (Å²) in [5.41, 5.74) is 0.855. The fourth-order valence-electron chi connectivity index (χ4n) is 2.13. The van der Waals surface area contributed by atoms with Gasteiger partial charge in [-0.2, -0.15) is 0 Å². The van der Waals surface area contributed by atoms with Crippen LogP contribution in [-0.4, -0.2) is 66.7 Å². The number of aliphatic hydroxyl groups excluding tert-OH is 1. The standard InChI is InChI=1S/C11H14ClO5PS.Na.H3O3P.H/c12-19-8-1-2-9-7(3-4-17-10(9)6-8)5-11(13)18(14,15)16;;1-4(2)3;/h1-2,6-7,11,13H,3-5H2,(H2,14,15,16);;4H,(H2,1,2,3);. The average molecular weight is 431 g/mol. The van der Waals surface area contributed by atoms with Gasteiger partial charge in [0.1, 0.15) is 5.75 Å². The van der Waals surface area contributed by atoms with Crippen LogP contribution in [0.25, 0.3) is 0 Å². The molecule has 0 fully saturated rings. The zero-order chi connectivity index (χ0) is 17.6. The number of ether oxygens (including phenoxy) is 1. The summed E-state index contributed by atoms with van der Waals surface area (Å²) in [5.74, 6) is -1.09. The average Bonchev–Trinajstić information content (AvgIpc) is 2.45. The van der Waals surface area contributed by atoms with Crippen molar-refractivity contribution >= 4 is 67.1 Å². The van der Waals surface area contributed by atoms with Crippen molar-refractivity contribution in [1.29, 1.82) is 0 Å². The van der Waals surface area contributed by atoms with Gasteiger partial charge in [-0.05, 0) is 58.1 Å². The van der Waals surface area contributed by atoms with Crippen LogP contribution in [0.4, 0.5) is 0 Å². The van der Waals surface area contributed by atoms with Crippen molar-refractivity contribution in [2.24, 2.45) is 0 Å². The van der Waals surface area contributed by atoms with Crippen LogP contribution in [0.15, 0.2) is 23.1 Å². The second-order valence-electron chi connectivity index (χ2n) is 4.70. The molecule has 1 aromatic rings. The third-order valence-electron chi connectivity index (χ3n) is 3.12. The van der Waals surface area contributed by atoms with E-state index in [4.69, 9.17) is 39.6 Å². The second-order valence-corrected chi connectivity index (χ2v) is 8.13. The molecule has 8 nitrogen and oxygen atoms in total. The summed E-state index contributed by atoms with van der Waals surface area (Å²) in [5, 5.41) is 9.54. The number of halogens is 1. The van der Waals surface area contributed by atoms with E-state index in [2.05, 4.69) is 0 Å². The summed E-state index contributed by atoms with van der Waals surface area (Å²) in [7, 11) is -0.843. The van der Waals surface area contributed by atoms with Crippen molar-refractivity contribution in [2.45, 2.75) is 29.5 Å². The first-order valence-corrected chi connectivity index (χ1v) is 11.0. The topological polar surface area (TPSA) is 145 Å². The van der Waals surface area contributed by atoms with Gasteiger partial charge in [0, 0.05) is 4.90 Å². The van der Waals surface area contributed by atoms with Gasteiger partial charge in [-0.25, -0.2) is 0 Å². The molecule has 24 heavy (non-hydrogen) atoms. The van der Waals surface area contributed by atoms with E-state index in [0.717, 1.165) is 21.4 Å². The van der Waals surface area contributed by atoms with Gasteiger partial charge in [0.25, 0.3) is 0 Å². The third-order valence-corrected chi connectivity index (χ3v) is 5.08. The van der Waals surface area contributed by atoms with Crippen molar-refractivity contribution in [3.05, 3.63) is 23.8 Å². The van der Waals surface area contributed by atoms with E-state index >= 15 is 0 Å². The van der Waals surface area contributed by atoms with Crippen molar-refractivity contribution < 1.29 is 38.5 Å². The van der Waals surface area contributed by atoms with Gasteiger partial charge in [0.2, 0.25) is 0 Å². The van der Waals surface area contributed by atoms with Gasteiger partial charge in [0.15, 0.2) is 5.85 Å². The molecule has 0 radical (unpaired) electrons. The molecule has 13 heteroatoms. The van der Waals surface area contributed by atoms with Crippen LogP contribution in [0.2, 0.25) is 0 Å². The van der Waals surface area contributed by atoms with Gasteiger partial charge in [-0.3, -0.25) is 9.13 Å². The molecule has 1 aliphatic heterocycles. The van der Waals surface area contributed by atoms with E-state index in [1.165, 1.54) is 0 Å². The Morgan fingerprint density at radius 3 is 2.50 bits per heavy atom. The number of fused-ring (bicyclic) bond motifs is 1. The van der Waals surface area contributed by atoms with Crippen molar-refractivity contribution in [3.63, 3.8) is 0 Å². The number of rotatable bonds is 4. The molecule has 5 N–H and O–H groups in total. The minimum absolute atomic E-state index is 0. The van der Waals surface area contributed by atoms with Crippen LogP contribution in [0.5, 0.6) is 5.75 Å². The molecular weight excluding hydrogens is 413 g/mol. The normalized spacial score (nSPS) is 17.7. The Labute approximate surface area is 170 Å². The number of aliphatic hydroxyl groups is 1. The number of hydrogen-bond acceptors (Lipinski definition) is 5. The van der Waals surface area contributed by atoms with Crippen LogP contribution in [0.3, 0.4) is 0 Å². The van der Waals surface area contributed by atoms with Crippen LogP contribution < -0.4 is 4.74 Å². The predicted molar refractivity (Wildman–Crippen MR) is 94.3 cm³/mol. The zero-order valence-corrected chi connectivity index (χ0v) is 15.2. The Morgan fingerprint density at radius 2 is 2.00 bits per heavy atom. The number of benzene rings is 1. The Hall–Kier alpha value is 0.920. The van der Waals surface area contributed by atoms with E-state index in [1.54, 1.807) is 6.07 Å².